The first-order valence-electron chi connectivity index (χ1n) is 13.3. The molecule has 3 heterocycles. The number of ether oxygens (including phenoxy) is 2. The number of methoxy groups -OCH3 is 1. The molecule has 1 saturated carbocycles. The van der Waals surface area contributed by atoms with E-state index in [1.165, 1.54) is 19.4 Å². The number of hydrogen-bond donors (Lipinski definition) is 0. The maximum Gasteiger partial charge on any atom is 0.317 e. The van der Waals surface area contributed by atoms with Crippen LogP contribution in [-0.2, 0) is 19.6 Å². The van der Waals surface area contributed by atoms with Gasteiger partial charge in [-0.3, -0.25) is 4.39 Å². The molecule has 5 aromatic rings. The average Bonchev–Trinajstić information content (AvgIpc) is 3.72. The summed E-state index contributed by atoms with van der Waals surface area (Å²) in [6.07, 6.45) is 4.56. The molecule has 8 nitrogen and oxygen atoms in total. The van der Waals surface area contributed by atoms with Crippen LogP contribution in [0.2, 0.25) is 0 Å². The molecule has 0 unspecified atom stereocenters. The summed E-state index contributed by atoms with van der Waals surface area (Å²) in [4.78, 5) is 17.4. The molecule has 0 saturated heterocycles. The predicted molar refractivity (Wildman–Crippen MR) is 147 cm³/mol. The third kappa shape index (κ3) is 5.35. The second kappa shape index (κ2) is 11.1. The zero-order chi connectivity index (χ0) is 29.3. The highest BCUT2D eigenvalue weighted by Crippen LogP contribution is 2.48. The molecule has 2 aromatic carbocycles. The van der Waals surface area contributed by atoms with Gasteiger partial charge in [0.25, 0.3) is 0 Å². The van der Waals surface area contributed by atoms with Crippen molar-refractivity contribution in [1.29, 1.82) is 5.26 Å². The Labute approximate surface area is 239 Å². The number of alkyl halides is 1. The summed E-state index contributed by atoms with van der Waals surface area (Å²) in [5, 5.41) is 9.09. The summed E-state index contributed by atoms with van der Waals surface area (Å²) in [5.74, 6) is -0.346. The van der Waals surface area contributed by atoms with Gasteiger partial charge in [-0.05, 0) is 60.9 Å². The second-order valence-corrected chi connectivity index (χ2v) is 10.3. The van der Waals surface area contributed by atoms with Crippen LogP contribution < -0.4 is 9.47 Å². The van der Waals surface area contributed by atoms with E-state index in [1.807, 2.05) is 10.6 Å². The highest BCUT2D eigenvalue weighted by atomic mass is 19.1. The second-order valence-electron chi connectivity index (χ2n) is 10.3. The summed E-state index contributed by atoms with van der Waals surface area (Å²) in [6.45, 7) is -0.0391. The maximum absolute atomic E-state index is 15.4. The summed E-state index contributed by atoms with van der Waals surface area (Å²) < 4.78 is 57.4. The first-order valence-corrected chi connectivity index (χ1v) is 13.3. The van der Waals surface area contributed by atoms with Crippen molar-refractivity contribution in [2.24, 2.45) is 5.41 Å². The number of nitrogens with zero attached hydrogens (tertiary/aromatic N) is 6. The standard InChI is InChI=1S/C31H25F3N6O2/c1-41-27-11-19(15-35)4-5-20(27)16-42-30-37-10-6-25(39-30)22-14-23(33)21(12-24(22)34)13-28-38-26-3-2-9-36-29(26)40(28)18-31(17-32)7-8-31/h2-6,9-12,14H,7-8,13,16-18H2,1H3. The number of imidazole rings is 1. The van der Waals surface area contributed by atoms with Gasteiger partial charge in [0.2, 0.25) is 0 Å². The lowest BCUT2D eigenvalue weighted by Gasteiger charge is -2.15. The van der Waals surface area contributed by atoms with E-state index in [9.17, 15) is 4.39 Å². The van der Waals surface area contributed by atoms with Crippen molar-refractivity contribution in [3.05, 3.63) is 95.1 Å². The highest BCUT2D eigenvalue weighted by molar-refractivity contribution is 5.71. The Balaban J connectivity index is 1.25. The molecular weight excluding hydrogens is 545 g/mol. The lowest BCUT2D eigenvalue weighted by atomic mass is 10.0. The summed E-state index contributed by atoms with van der Waals surface area (Å²) >= 11 is 0. The van der Waals surface area contributed by atoms with Crippen molar-refractivity contribution < 1.29 is 22.6 Å². The molecule has 0 bridgehead atoms. The first kappa shape index (κ1) is 27.2. The molecule has 6 rings (SSSR count). The van der Waals surface area contributed by atoms with Gasteiger partial charge in [0.05, 0.1) is 31.1 Å². The zero-order valence-electron chi connectivity index (χ0n) is 22.6. The van der Waals surface area contributed by atoms with Gasteiger partial charge in [0.15, 0.2) is 5.65 Å². The van der Waals surface area contributed by atoms with Crippen LogP contribution in [0.25, 0.3) is 22.4 Å². The summed E-state index contributed by atoms with van der Waals surface area (Å²) in [7, 11) is 1.48. The quantitative estimate of drug-likeness (QED) is 0.204. The van der Waals surface area contributed by atoms with Crippen LogP contribution in [0.15, 0.2) is 60.9 Å². The molecule has 0 atom stereocenters. The molecule has 0 spiro atoms. The minimum Gasteiger partial charge on any atom is -0.496 e. The van der Waals surface area contributed by atoms with Gasteiger partial charge < -0.3 is 14.0 Å². The van der Waals surface area contributed by atoms with Gasteiger partial charge in [0.1, 0.15) is 35.3 Å². The van der Waals surface area contributed by atoms with E-state index in [0.29, 0.717) is 40.4 Å². The number of halogens is 3. The van der Waals surface area contributed by atoms with E-state index in [-0.39, 0.29) is 35.9 Å². The molecule has 1 aliphatic carbocycles. The molecule has 212 valence electrons. The molecule has 42 heavy (non-hydrogen) atoms. The minimum atomic E-state index is -0.673. The third-order valence-electron chi connectivity index (χ3n) is 7.48. The van der Waals surface area contributed by atoms with Crippen molar-refractivity contribution in [2.75, 3.05) is 13.8 Å². The van der Waals surface area contributed by atoms with Crippen molar-refractivity contribution in [3.8, 4) is 29.1 Å². The molecule has 1 fully saturated rings. The Morgan fingerprint density at radius 1 is 1.00 bits per heavy atom. The Bertz CT molecular complexity index is 1830. The first-order chi connectivity index (χ1) is 20.4. The largest absolute Gasteiger partial charge is 0.496 e. The number of benzene rings is 2. The highest BCUT2D eigenvalue weighted by Gasteiger charge is 2.44. The molecule has 0 aliphatic heterocycles. The fourth-order valence-electron chi connectivity index (χ4n) is 4.88. The Morgan fingerprint density at radius 2 is 1.86 bits per heavy atom. The molecule has 0 N–H and O–H groups in total. The third-order valence-corrected chi connectivity index (χ3v) is 7.48. The van der Waals surface area contributed by atoms with Gasteiger partial charge in [-0.2, -0.15) is 10.2 Å². The zero-order valence-corrected chi connectivity index (χ0v) is 22.6. The van der Waals surface area contributed by atoms with Gasteiger partial charge in [-0.25, -0.2) is 23.7 Å². The van der Waals surface area contributed by atoms with Crippen LogP contribution in [0.4, 0.5) is 13.2 Å². The number of fused-ring (bicyclic) bond motifs is 1. The van der Waals surface area contributed by atoms with Gasteiger partial charge in [-0.1, -0.05) is 6.07 Å². The lowest BCUT2D eigenvalue weighted by molar-refractivity contribution is 0.274. The smallest absolute Gasteiger partial charge is 0.317 e. The number of rotatable bonds is 10. The summed E-state index contributed by atoms with van der Waals surface area (Å²) in [5.41, 5.74) is 2.06. The van der Waals surface area contributed by atoms with Crippen LogP contribution >= 0.6 is 0 Å². The molecule has 0 radical (unpaired) electrons. The molecule has 1 aliphatic rings. The minimum absolute atomic E-state index is 0.00627. The molecule has 0 amide bonds. The van der Waals surface area contributed by atoms with E-state index < -0.39 is 23.7 Å². The number of aromatic nitrogens is 5. The predicted octanol–water partition coefficient (Wildman–Crippen LogP) is 5.97. The average molecular weight is 571 g/mol. The fraction of sp³-hybridized carbons (Fsp3) is 0.258. The molecule has 11 heteroatoms. The van der Waals surface area contributed by atoms with E-state index in [2.05, 4.69) is 19.9 Å². The van der Waals surface area contributed by atoms with E-state index in [4.69, 9.17) is 14.7 Å². The van der Waals surface area contributed by atoms with Crippen LogP contribution in [0.1, 0.15) is 35.4 Å². The maximum atomic E-state index is 15.4. The Kier molecular flexibility index (Phi) is 7.20. The molecular formula is C31H25F3N6O2. The van der Waals surface area contributed by atoms with Crippen LogP contribution in [-0.4, -0.2) is 38.3 Å². The van der Waals surface area contributed by atoms with Crippen LogP contribution in [0.3, 0.4) is 0 Å². The van der Waals surface area contributed by atoms with E-state index in [1.54, 1.807) is 36.5 Å². The van der Waals surface area contributed by atoms with E-state index >= 15 is 8.78 Å². The number of nitriles is 1. The van der Waals surface area contributed by atoms with Crippen molar-refractivity contribution in [2.45, 2.75) is 32.4 Å². The SMILES string of the molecule is COc1cc(C#N)ccc1COc1nccc(-c2cc(F)c(Cc3nc4cccnc4n3CC3(CF)CC3)cc2F)n1. The topological polar surface area (TPSA) is 98.7 Å². The van der Waals surface area contributed by atoms with E-state index in [0.717, 1.165) is 25.0 Å². The fourth-order valence-corrected chi connectivity index (χ4v) is 4.88. The number of pyridine rings is 1. The van der Waals surface area contributed by atoms with Crippen molar-refractivity contribution >= 4 is 11.2 Å². The van der Waals surface area contributed by atoms with Crippen molar-refractivity contribution in [3.63, 3.8) is 0 Å². The molecule has 3 aromatic heterocycles. The number of hydrogen-bond acceptors (Lipinski definition) is 7. The van der Waals surface area contributed by atoms with Crippen LogP contribution in [0, 0.1) is 28.4 Å². The Morgan fingerprint density at radius 3 is 2.62 bits per heavy atom. The monoisotopic (exact) mass is 570 g/mol. The van der Waals surface area contributed by atoms with Crippen molar-refractivity contribution in [1.82, 2.24) is 24.5 Å². The lowest BCUT2D eigenvalue weighted by Crippen LogP contribution is -2.17. The normalized spacial score (nSPS) is 13.6. The van der Waals surface area contributed by atoms with Gasteiger partial charge in [-0.15, -0.1) is 0 Å². The Hall–Kier alpha value is -4.98. The van der Waals surface area contributed by atoms with Gasteiger partial charge in [0, 0.05) is 41.9 Å². The van der Waals surface area contributed by atoms with Crippen LogP contribution in [0.5, 0.6) is 11.8 Å². The summed E-state index contributed by atoms with van der Waals surface area (Å²) in [6, 6.07) is 14.2. The van der Waals surface area contributed by atoms with Gasteiger partial charge >= 0.3 is 6.01 Å².